The Morgan fingerprint density at radius 1 is 1.28 bits per heavy atom. The number of carbonyl (C=O) groups is 2. The molecule has 2 saturated heterocycles. The quantitative estimate of drug-likeness (QED) is 0.672. The van der Waals surface area contributed by atoms with Crippen LogP contribution in [0.25, 0.3) is 0 Å². The molecule has 1 aromatic carbocycles. The standard InChI is InChI=1S/C21H25F5N2O4/c1-10-14(11-7-8-12(22)15(23)16(11)31-3)17(32-20(10,2)21(24,25)26)19(30)28-13-6-4-5-9-27-18(13)29/h7-8,10,13-14,17H,4-6,9H2,1-3H3,(H,27,29)(H,28,30)/t10-,13+,14-,17+,20+/m0/s1. The lowest BCUT2D eigenvalue weighted by atomic mass is 9.77. The first-order valence-corrected chi connectivity index (χ1v) is 10.3. The number of alkyl halides is 3. The number of nitrogens with one attached hydrogen (secondary N) is 2. The van der Waals surface area contributed by atoms with Crippen molar-refractivity contribution in [1.82, 2.24) is 10.6 Å². The molecule has 178 valence electrons. The summed E-state index contributed by atoms with van der Waals surface area (Å²) in [6.07, 6.45) is -4.92. The zero-order chi connectivity index (χ0) is 23.8. The second-order valence-corrected chi connectivity index (χ2v) is 8.29. The van der Waals surface area contributed by atoms with Gasteiger partial charge < -0.3 is 20.1 Å². The number of benzene rings is 1. The number of ether oxygens (including phenoxy) is 2. The average Bonchev–Trinajstić information content (AvgIpc) is 2.85. The predicted molar refractivity (Wildman–Crippen MR) is 103 cm³/mol. The first kappa shape index (κ1) is 24.2. The van der Waals surface area contributed by atoms with E-state index >= 15 is 0 Å². The lowest BCUT2D eigenvalue weighted by Crippen LogP contribution is -2.50. The largest absolute Gasteiger partial charge is 0.493 e. The van der Waals surface area contributed by atoms with Gasteiger partial charge in [-0.25, -0.2) is 4.39 Å². The third-order valence-corrected chi connectivity index (χ3v) is 6.42. The molecule has 0 spiro atoms. The van der Waals surface area contributed by atoms with Crippen LogP contribution in [0, 0.1) is 17.6 Å². The maximum atomic E-state index is 14.4. The van der Waals surface area contributed by atoms with Gasteiger partial charge in [0.15, 0.2) is 17.2 Å². The van der Waals surface area contributed by atoms with Crippen LogP contribution in [-0.4, -0.2) is 49.4 Å². The van der Waals surface area contributed by atoms with Gasteiger partial charge in [-0.1, -0.05) is 13.0 Å². The molecule has 0 aromatic heterocycles. The number of amides is 2. The van der Waals surface area contributed by atoms with Crippen molar-refractivity contribution < 1.29 is 41.0 Å². The zero-order valence-corrected chi connectivity index (χ0v) is 17.8. The van der Waals surface area contributed by atoms with E-state index in [4.69, 9.17) is 9.47 Å². The molecule has 0 aliphatic carbocycles. The summed E-state index contributed by atoms with van der Waals surface area (Å²) in [5, 5.41) is 5.10. The maximum absolute atomic E-state index is 14.4. The molecule has 2 fully saturated rings. The average molecular weight is 464 g/mol. The highest BCUT2D eigenvalue weighted by Gasteiger charge is 2.66. The van der Waals surface area contributed by atoms with Crippen LogP contribution in [0.15, 0.2) is 12.1 Å². The molecule has 3 rings (SSSR count). The molecule has 6 nitrogen and oxygen atoms in total. The Labute approximate surface area is 181 Å². The Morgan fingerprint density at radius 2 is 1.97 bits per heavy atom. The van der Waals surface area contributed by atoms with Crippen molar-refractivity contribution in [2.75, 3.05) is 13.7 Å². The fraction of sp³-hybridized carbons (Fsp3) is 0.619. The molecule has 0 radical (unpaired) electrons. The summed E-state index contributed by atoms with van der Waals surface area (Å²) in [6.45, 7) is 2.47. The van der Waals surface area contributed by atoms with Crippen LogP contribution in [0.3, 0.4) is 0 Å². The summed E-state index contributed by atoms with van der Waals surface area (Å²) in [7, 11) is 1.05. The first-order chi connectivity index (χ1) is 14.9. The van der Waals surface area contributed by atoms with Gasteiger partial charge in [-0.2, -0.15) is 17.6 Å². The minimum absolute atomic E-state index is 0.127. The van der Waals surface area contributed by atoms with Gasteiger partial charge >= 0.3 is 6.18 Å². The highest BCUT2D eigenvalue weighted by atomic mass is 19.4. The maximum Gasteiger partial charge on any atom is 0.417 e. The Hall–Kier alpha value is -2.43. The lowest BCUT2D eigenvalue weighted by molar-refractivity contribution is -0.272. The molecule has 0 bridgehead atoms. The molecule has 2 aliphatic heterocycles. The Bertz CT molecular complexity index is 894. The van der Waals surface area contributed by atoms with E-state index in [1.54, 1.807) is 0 Å². The Morgan fingerprint density at radius 3 is 2.59 bits per heavy atom. The summed E-state index contributed by atoms with van der Waals surface area (Å²) in [4.78, 5) is 25.3. The van der Waals surface area contributed by atoms with E-state index in [9.17, 15) is 31.5 Å². The molecule has 11 heteroatoms. The van der Waals surface area contributed by atoms with E-state index in [-0.39, 0.29) is 5.56 Å². The molecule has 2 aliphatic rings. The van der Waals surface area contributed by atoms with Gasteiger partial charge in [0.05, 0.1) is 7.11 Å². The third-order valence-electron chi connectivity index (χ3n) is 6.42. The normalized spacial score (nSPS) is 31.1. The van der Waals surface area contributed by atoms with Crippen molar-refractivity contribution in [2.45, 2.75) is 63.0 Å². The van der Waals surface area contributed by atoms with Crippen molar-refractivity contribution >= 4 is 11.8 Å². The third kappa shape index (κ3) is 4.14. The van der Waals surface area contributed by atoms with Gasteiger partial charge in [0.2, 0.25) is 17.6 Å². The summed E-state index contributed by atoms with van der Waals surface area (Å²) < 4.78 is 80.1. The monoisotopic (exact) mass is 464 g/mol. The minimum atomic E-state index is -4.86. The number of methoxy groups -OCH3 is 1. The second-order valence-electron chi connectivity index (χ2n) is 8.29. The summed E-state index contributed by atoms with van der Waals surface area (Å²) in [5.74, 6) is -7.28. The molecular formula is C21H25F5N2O4. The highest BCUT2D eigenvalue weighted by molar-refractivity contribution is 5.90. The molecule has 1 aromatic rings. The fourth-order valence-corrected chi connectivity index (χ4v) is 4.37. The van der Waals surface area contributed by atoms with E-state index in [0.29, 0.717) is 25.8 Å². The minimum Gasteiger partial charge on any atom is -0.493 e. The number of hydrogen-bond donors (Lipinski definition) is 2. The van der Waals surface area contributed by atoms with Crippen LogP contribution in [-0.2, 0) is 14.3 Å². The van der Waals surface area contributed by atoms with E-state index in [1.807, 2.05) is 0 Å². The molecule has 2 heterocycles. The van der Waals surface area contributed by atoms with Crippen molar-refractivity contribution in [3.05, 3.63) is 29.3 Å². The molecule has 2 amide bonds. The zero-order valence-electron chi connectivity index (χ0n) is 17.8. The van der Waals surface area contributed by atoms with Crippen LogP contribution in [0.4, 0.5) is 22.0 Å². The molecule has 2 N–H and O–H groups in total. The van der Waals surface area contributed by atoms with E-state index in [0.717, 1.165) is 26.2 Å². The second kappa shape index (κ2) is 8.84. The number of carbonyl (C=O) groups excluding carboxylic acids is 2. The lowest BCUT2D eigenvalue weighted by Gasteiger charge is -2.32. The SMILES string of the molecule is COc1c([C@H]2[C@H](C(=O)N[C@@H]3CCCCNC3=O)O[C@@](C)(C(F)(F)F)[C@H]2C)ccc(F)c1F. The molecule has 5 atom stereocenters. The van der Waals surface area contributed by atoms with Crippen LogP contribution in [0.1, 0.15) is 44.6 Å². The van der Waals surface area contributed by atoms with Gasteiger partial charge in [0.1, 0.15) is 12.1 Å². The van der Waals surface area contributed by atoms with Crippen molar-refractivity contribution in [3.63, 3.8) is 0 Å². The van der Waals surface area contributed by atoms with Crippen LogP contribution in [0.2, 0.25) is 0 Å². The summed E-state index contributed by atoms with van der Waals surface area (Å²) in [5.41, 5.74) is -2.88. The molecule has 32 heavy (non-hydrogen) atoms. The molecule has 0 saturated carbocycles. The smallest absolute Gasteiger partial charge is 0.417 e. The van der Waals surface area contributed by atoms with Crippen molar-refractivity contribution in [3.8, 4) is 5.75 Å². The number of hydrogen-bond acceptors (Lipinski definition) is 4. The summed E-state index contributed by atoms with van der Waals surface area (Å²) in [6, 6.07) is 0.911. The Kier molecular flexibility index (Phi) is 6.69. The number of halogens is 5. The van der Waals surface area contributed by atoms with Crippen molar-refractivity contribution in [1.29, 1.82) is 0 Å². The van der Waals surface area contributed by atoms with Gasteiger partial charge in [0.25, 0.3) is 0 Å². The van der Waals surface area contributed by atoms with Gasteiger partial charge in [0, 0.05) is 23.9 Å². The van der Waals surface area contributed by atoms with Crippen LogP contribution in [0.5, 0.6) is 5.75 Å². The first-order valence-electron chi connectivity index (χ1n) is 10.3. The van der Waals surface area contributed by atoms with Gasteiger partial charge in [-0.3, -0.25) is 9.59 Å². The number of rotatable bonds is 4. The van der Waals surface area contributed by atoms with E-state index in [1.165, 1.54) is 6.92 Å². The van der Waals surface area contributed by atoms with Crippen LogP contribution < -0.4 is 15.4 Å². The van der Waals surface area contributed by atoms with Gasteiger partial charge in [-0.05, 0) is 32.3 Å². The fourth-order valence-electron chi connectivity index (χ4n) is 4.37. The van der Waals surface area contributed by atoms with Gasteiger partial charge in [-0.15, -0.1) is 0 Å². The molecular weight excluding hydrogens is 439 g/mol. The topological polar surface area (TPSA) is 76.7 Å². The van der Waals surface area contributed by atoms with Crippen LogP contribution >= 0.6 is 0 Å². The predicted octanol–water partition coefficient (Wildman–Crippen LogP) is 3.20. The summed E-state index contributed by atoms with van der Waals surface area (Å²) >= 11 is 0. The van der Waals surface area contributed by atoms with Crippen molar-refractivity contribution in [2.24, 2.45) is 5.92 Å². The van der Waals surface area contributed by atoms with E-state index < -0.39 is 65.0 Å². The molecule has 0 unspecified atom stereocenters. The van der Waals surface area contributed by atoms with E-state index in [2.05, 4.69) is 10.6 Å². The Balaban J connectivity index is 2.03. The highest BCUT2D eigenvalue weighted by Crippen LogP contribution is 2.54.